The monoisotopic (exact) mass is 446 g/mol. The Morgan fingerprint density at radius 3 is 2.00 bits per heavy atom. The van der Waals surface area contributed by atoms with Gasteiger partial charge in [-0.1, -0.05) is 24.3 Å². The predicted molar refractivity (Wildman–Crippen MR) is 120 cm³/mol. The van der Waals surface area contributed by atoms with Crippen LogP contribution >= 0.6 is 0 Å². The van der Waals surface area contributed by atoms with Gasteiger partial charge in [-0.3, -0.25) is 9.59 Å². The molecule has 0 aromatic heterocycles. The molecule has 8 nitrogen and oxygen atoms in total. The topological polar surface area (TPSA) is 115 Å². The molecule has 0 heterocycles. The van der Waals surface area contributed by atoms with Crippen molar-refractivity contribution in [1.29, 1.82) is 10.5 Å². The third-order valence-corrected chi connectivity index (χ3v) is 5.26. The highest BCUT2D eigenvalue weighted by atomic mass is 16.5. The lowest BCUT2D eigenvalue weighted by atomic mass is 10.2. The molecule has 33 heavy (non-hydrogen) atoms. The van der Waals surface area contributed by atoms with Crippen LogP contribution in [0.15, 0.2) is 48.5 Å². The average molecular weight is 447 g/mol. The SMILES string of the molecule is CC(Oc1ccccc1C#N)C(=O)NCCN(C(=O)C(C)Oc1ccccc1C#N)C1CC1. The summed E-state index contributed by atoms with van der Waals surface area (Å²) in [7, 11) is 0. The maximum atomic E-state index is 13.0. The summed E-state index contributed by atoms with van der Waals surface area (Å²) in [5.41, 5.74) is 0.726. The first kappa shape index (κ1) is 23.6. The number of hydrogen-bond donors (Lipinski definition) is 1. The van der Waals surface area contributed by atoms with Crippen LogP contribution in [0.1, 0.15) is 37.8 Å². The molecule has 3 rings (SSSR count). The first-order valence-electron chi connectivity index (χ1n) is 10.8. The summed E-state index contributed by atoms with van der Waals surface area (Å²) in [5, 5.41) is 21.2. The Morgan fingerprint density at radius 1 is 0.970 bits per heavy atom. The molecule has 1 aliphatic carbocycles. The van der Waals surface area contributed by atoms with Crippen LogP contribution in [0.2, 0.25) is 0 Å². The summed E-state index contributed by atoms with van der Waals surface area (Å²) in [6, 6.07) is 17.7. The molecule has 1 fully saturated rings. The van der Waals surface area contributed by atoms with Crippen molar-refractivity contribution in [1.82, 2.24) is 10.2 Å². The summed E-state index contributed by atoms with van der Waals surface area (Å²) in [4.78, 5) is 27.2. The summed E-state index contributed by atoms with van der Waals surface area (Å²) >= 11 is 0. The van der Waals surface area contributed by atoms with Gasteiger partial charge in [-0.2, -0.15) is 10.5 Å². The number of carbonyl (C=O) groups is 2. The van der Waals surface area contributed by atoms with Crippen molar-refractivity contribution in [2.24, 2.45) is 0 Å². The zero-order valence-electron chi connectivity index (χ0n) is 18.7. The van der Waals surface area contributed by atoms with Gasteiger partial charge in [0.15, 0.2) is 12.2 Å². The van der Waals surface area contributed by atoms with Crippen LogP contribution in [-0.4, -0.2) is 48.1 Å². The number of rotatable bonds is 10. The number of carbonyl (C=O) groups excluding carboxylic acids is 2. The highest BCUT2D eigenvalue weighted by molar-refractivity contribution is 5.82. The van der Waals surface area contributed by atoms with E-state index in [0.29, 0.717) is 29.2 Å². The second-order valence-corrected chi connectivity index (χ2v) is 7.79. The standard InChI is InChI=1S/C25H26N4O4/c1-17(32-22-9-5-3-7-19(22)15-26)24(30)28-13-14-29(21-11-12-21)25(31)18(2)33-23-10-6-4-8-20(23)16-27/h3-10,17-18,21H,11-14H2,1-2H3,(H,28,30). The highest BCUT2D eigenvalue weighted by Gasteiger charge is 2.35. The number of ether oxygens (including phenoxy) is 2. The Balaban J connectivity index is 1.53. The quantitative estimate of drug-likeness (QED) is 0.600. The first-order chi connectivity index (χ1) is 15.9. The van der Waals surface area contributed by atoms with Crippen LogP contribution in [0.4, 0.5) is 0 Å². The molecule has 1 saturated carbocycles. The number of para-hydroxylation sites is 2. The average Bonchev–Trinajstić information content (AvgIpc) is 3.67. The number of nitrogens with one attached hydrogen (secondary N) is 1. The molecule has 0 bridgehead atoms. The first-order valence-corrected chi connectivity index (χ1v) is 10.8. The minimum atomic E-state index is -0.797. The van der Waals surface area contributed by atoms with Gasteiger partial charge < -0.3 is 19.7 Å². The molecular weight excluding hydrogens is 420 g/mol. The molecule has 0 radical (unpaired) electrons. The Bertz CT molecular complexity index is 1080. The Kier molecular flexibility index (Phi) is 7.88. The fourth-order valence-electron chi connectivity index (χ4n) is 3.34. The smallest absolute Gasteiger partial charge is 0.263 e. The van der Waals surface area contributed by atoms with Gasteiger partial charge in [-0.25, -0.2) is 0 Å². The van der Waals surface area contributed by atoms with Gasteiger partial charge in [0.25, 0.3) is 11.8 Å². The number of nitrogens with zero attached hydrogens (tertiary/aromatic N) is 3. The van der Waals surface area contributed by atoms with Crippen LogP contribution in [0.25, 0.3) is 0 Å². The Labute approximate surface area is 193 Å². The number of benzene rings is 2. The second kappa shape index (κ2) is 11.0. The van der Waals surface area contributed by atoms with Crippen molar-refractivity contribution < 1.29 is 19.1 Å². The molecule has 0 saturated heterocycles. The lowest BCUT2D eigenvalue weighted by molar-refractivity contribution is -0.139. The third kappa shape index (κ3) is 6.24. The molecule has 1 N–H and O–H groups in total. The fourth-order valence-corrected chi connectivity index (χ4v) is 3.34. The lowest BCUT2D eigenvalue weighted by Crippen LogP contribution is -2.46. The van der Waals surface area contributed by atoms with E-state index in [0.717, 1.165) is 12.8 Å². The zero-order valence-corrected chi connectivity index (χ0v) is 18.7. The van der Waals surface area contributed by atoms with Gasteiger partial charge in [0.05, 0.1) is 11.1 Å². The maximum absolute atomic E-state index is 13.0. The van der Waals surface area contributed by atoms with E-state index in [2.05, 4.69) is 11.4 Å². The van der Waals surface area contributed by atoms with E-state index < -0.39 is 12.2 Å². The van der Waals surface area contributed by atoms with E-state index in [4.69, 9.17) is 14.7 Å². The van der Waals surface area contributed by atoms with Gasteiger partial charge in [0, 0.05) is 19.1 Å². The van der Waals surface area contributed by atoms with E-state index >= 15 is 0 Å². The van der Waals surface area contributed by atoms with Crippen molar-refractivity contribution in [2.45, 2.75) is 44.9 Å². The van der Waals surface area contributed by atoms with Crippen molar-refractivity contribution in [3.63, 3.8) is 0 Å². The van der Waals surface area contributed by atoms with Gasteiger partial charge in [0.1, 0.15) is 23.6 Å². The van der Waals surface area contributed by atoms with E-state index in [-0.39, 0.29) is 24.4 Å². The predicted octanol–water partition coefficient (Wildman–Crippen LogP) is 2.77. The van der Waals surface area contributed by atoms with Crippen molar-refractivity contribution >= 4 is 11.8 Å². The van der Waals surface area contributed by atoms with E-state index in [1.807, 2.05) is 6.07 Å². The molecule has 2 unspecified atom stereocenters. The molecule has 8 heteroatoms. The minimum Gasteiger partial charge on any atom is -0.480 e. The van der Waals surface area contributed by atoms with Crippen LogP contribution in [0.3, 0.4) is 0 Å². The highest BCUT2D eigenvalue weighted by Crippen LogP contribution is 2.28. The summed E-state index contributed by atoms with van der Waals surface area (Å²) in [5.74, 6) is 0.194. The van der Waals surface area contributed by atoms with E-state index in [9.17, 15) is 14.9 Å². The molecule has 0 aliphatic heterocycles. The number of nitriles is 2. The summed E-state index contributed by atoms with van der Waals surface area (Å²) < 4.78 is 11.4. The summed E-state index contributed by atoms with van der Waals surface area (Å²) in [6.07, 6.45) is 0.256. The fraction of sp³-hybridized carbons (Fsp3) is 0.360. The molecule has 0 spiro atoms. The van der Waals surface area contributed by atoms with Crippen LogP contribution in [0, 0.1) is 22.7 Å². The van der Waals surface area contributed by atoms with Crippen LogP contribution < -0.4 is 14.8 Å². The Morgan fingerprint density at radius 2 is 1.48 bits per heavy atom. The van der Waals surface area contributed by atoms with Crippen LogP contribution in [-0.2, 0) is 9.59 Å². The van der Waals surface area contributed by atoms with Gasteiger partial charge >= 0.3 is 0 Å². The van der Waals surface area contributed by atoms with Crippen molar-refractivity contribution in [3.8, 4) is 23.6 Å². The molecule has 2 amide bonds. The van der Waals surface area contributed by atoms with Gasteiger partial charge in [-0.05, 0) is 51.0 Å². The molecule has 1 aliphatic rings. The molecular formula is C25H26N4O4. The Hall–Kier alpha value is -4.04. The number of amides is 2. The second-order valence-electron chi connectivity index (χ2n) is 7.79. The minimum absolute atomic E-state index is 0.128. The number of hydrogen-bond acceptors (Lipinski definition) is 6. The van der Waals surface area contributed by atoms with Gasteiger partial charge in [0.2, 0.25) is 0 Å². The normalized spacial score (nSPS) is 14.2. The maximum Gasteiger partial charge on any atom is 0.263 e. The summed E-state index contributed by atoms with van der Waals surface area (Å²) in [6.45, 7) is 3.86. The molecule has 2 atom stereocenters. The van der Waals surface area contributed by atoms with Crippen molar-refractivity contribution in [3.05, 3.63) is 59.7 Å². The van der Waals surface area contributed by atoms with Gasteiger partial charge in [-0.15, -0.1) is 0 Å². The lowest BCUT2D eigenvalue weighted by Gasteiger charge is -2.26. The molecule has 2 aromatic rings. The van der Waals surface area contributed by atoms with Crippen molar-refractivity contribution in [2.75, 3.05) is 13.1 Å². The largest absolute Gasteiger partial charge is 0.480 e. The molecule has 2 aromatic carbocycles. The van der Waals surface area contributed by atoms with E-state index in [1.54, 1.807) is 67.3 Å². The zero-order chi connectivity index (χ0) is 23.8. The van der Waals surface area contributed by atoms with Crippen LogP contribution in [0.5, 0.6) is 11.5 Å². The molecule has 170 valence electrons. The van der Waals surface area contributed by atoms with E-state index in [1.165, 1.54) is 0 Å². The third-order valence-electron chi connectivity index (χ3n) is 5.26.